The molecule has 0 saturated carbocycles. The molecule has 1 aliphatic rings. The van der Waals surface area contributed by atoms with Crippen LogP contribution in [-0.2, 0) is 9.59 Å². The van der Waals surface area contributed by atoms with Gasteiger partial charge in [0.1, 0.15) is 11.6 Å². The van der Waals surface area contributed by atoms with Crippen molar-refractivity contribution in [2.24, 2.45) is 0 Å². The Balaban J connectivity index is 1.89. The number of rotatable bonds is 4. The Morgan fingerprint density at radius 3 is 2.39 bits per heavy atom. The highest BCUT2D eigenvalue weighted by Gasteiger charge is 2.26. The van der Waals surface area contributed by atoms with Crippen LogP contribution in [0.2, 0.25) is 0 Å². The quantitative estimate of drug-likeness (QED) is 0.870. The molecule has 2 rings (SSSR count). The summed E-state index contributed by atoms with van der Waals surface area (Å²) in [4.78, 5) is 38.5. The van der Waals surface area contributed by atoms with Crippen molar-refractivity contribution >= 4 is 17.7 Å². The van der Waals surface area contributed by atoms with Crippen LogP contribution in [0.3, 0.4) is 0 Å². The zero-order valence-corrected chi connectivity index (χ0v) is 12.6. The molecule has 1 N–H and O–H groups in total. The molecule has 1 aromatic carbocycles. The summed E-state index contributed by atoms with van der Waals surface area (Å²) < 4.78 is 26.1. The Hall–Kier alpha value is -2.51. The molecule has 0 aromatic heterocycles. The summed E-state index contributed by atoms with van der Waals surface area (Å²) in [5.41, 5.74) is -0.206. The molecule has 1 aliphatic heterocycles. The number of hydrogen-bond donors (Lipinski definition) is 1. The second kappa shape index (κ2) is 7.17. The molecular formula is C15H17F2N3O3. The van der Waals surface area contributed by atoms with E-state index in [0.29, 0.717) is 25.7 Å². The molecule has 0 radical (unpaired) electrons. The van der Waals surface area contributed by atoms with E-state index in [1.807, 2.05) is 6.92 Å². The Kier molecular flexibility index (Phi) is 5.25. The van der Waals surface area contributed by atoms with Gasteiger partial charge in [-0.3, -0.25) is 14.4 Å². The zero-order chi connectivity index (χ0) is 17.0. The average molecular weight is 325 g/mol. The summed E-state index contributed by atoms with van der Waals surface area (Å²) >= 11 is 0. The molecule has 1 fully saturated rings. The Labute approximate surface area is 132 Å². The Bertz CT molecular complexity index is 616. The van der Waals surface area contributed by atoms with Gasteiger partial charge in [0, 0.05) is 31.3 Å². The lowest BCUT2D eigenvalue weighted by atomic mass is 10.2. The van der Waals surface area contributed by atoms with Gasteiger partial charge in [-0.05, 0) is 19.1 Å². The molecule has 1 saturated heterocycles. The maximum atomic E-state index is 13.1. The summed E-state index contributed by atoms with van der Waals surface area (Å²) in [6.07, 6.45) is 0. The molecule has 1 aromatic rings. The van der Waals surface area contributed by atoms with E-state index in [1.165, 1.54) is 4.90 Å². The first-order chi connectivity index (χ1) is 10.9. The van der Waals surface area contributed by atoms with Crippen molar-refractivity contribution in [1.29, 1.82) is 0 Å². The van der Waals surface area contributed by atoms with Crippen LogP contribution in [0.25, 0.3) is 0 Å². The van der Waals surface area contributed by atoms with Gasteiger partial charge in [-0.15, -0.1) is 0 Å². The first kappa shape index (κ1) is 16.9. The van der Waals surface area contributed by atoms with E-state index in [4.69, 9.17) is 0 Å². The SMILES string of the molecule is CCN1CCN(C(=O)CNC(=O)c2cc(F)cc(F)c2)CC1=O. The predicted octanol–water partition coefficient (Wildman–Crippen LogP) is 0.385. The summed E-state index contributed by atoms with van der Waals surface area (Å²) in [7, 11) is 0. The number of amides is 3. The first-order valence-electron chi connectivity index (χ1n) is 7.20. The molecule has 8 heteroatoms. The van der Waals surface area contributed by atoms with Crippen molar-refractivity contribution in [3.63, 3.8) is 0 Å². The van der Waals surface area contributed by atoms with Crippen molar-refractivity contribution in [2.45, 2.75) is 6.92 Å². The first-order valence-corrected chi connectivity index (χ1v) is 7.20. The molecule has 0 aliphatic carbocycles. The topological polar surface area (TPSA) is 69.7 Å². The summed E-state index contributed by atoms with van der Waals surface area (Å²) in [6, 6.07) is 2.42. The number of carbonyl (C=O) groups is 3. The minimum Gasteiger partial charge on any atom is -0.343 e. The largest absolute Gasteiger partial charge is 0.343 e. The number of nitrogens with zero attached hydrogens (tertiary/aromatic N) is 2. The van der Waals surface area contributed by atoms with E-state index in [-0.39, 0.29) is 24.6 Å². The van der Waals surface area contributed by atoms with E-state index < -0.39 is 23.4 Å². The number of nitrogens with one attached hydrogen (secondary N) is 1. The number of likely N-dealkylation sites (N-methyl/N-ethyl adjacent to an activating group) is 1. The van der Waals surface area contributed by atoms with Crippen molar-refractivity contribution < 1.29 is 23.2 Å². The second-order valence-corrected chi connectivity index (χ2v) is 5.13. The lowest BCUT2D eigenvalue weighted by molar-refractivity contribution is -0.144. The number of halogens is 2. The Morgan fingerprint density at radius 2 is 1.83 bits per heavy atom. The lowest BCUT2D eigenvalue weighted by Crippen LogP contribution is -2.53. The van der Waals surface area contributed by atoms with Gasteiger partial charge in [0.2, 0.25) is 11.8 Å². The fraction of sp³-hybridized carbons (Fsp3) is 0.400. The van der Waals surface area contributed by atoms with Gasteiger partial charge in [0.25, 0.3) is 5.91 Å². The van der Waals surface area contributed by atoms with Gasteiger partial charge in [-0.2, -0.15) is 0 Å². The molecule has 3 amide bonds. The third kappa shape index (κ3) is 4.24. The average Bonchev–Trinajstić information content (AvgIpc) is 2.51. The summed E-state index contributed by atoms with van der Waals surface area (Å²) in [6.45, 7) is 2.91. The van der Waals surface area contributed by atoms with Crippen LogP contribution in [0.1, 0.15) is 17.3 Å². The number of piperazine rings is 1. The third-order valence-corrected chi connectivity index (χ3v) is 3.58. The van der Waals surface area contributed by atoms with Gasteiger partial charge in [-0.1, -0.05) is 0 Å². The smallest absolute Gasteiger partial charge is 0.251 e. The molecule has 23 heavy (non-hydrogen) atoms. The second-order valence-electron chi connectivity index (χ2n) is 5.13. The molecule has 0 spiro atoms. The van der Waals surface area contributed by atoms with Crippen LogP contribution in [-0.4, -0.2) is 60.2 Å². The van der Waals surface area contributed by atoms with E-state index in [2.05, 4.69) is 5.32 Å². The molecule has 0 atom stereocenters. The van der Waals surface area contributed by atoms with Crippen molar-refractivity contribution in [3.8, 4) is 0 Å². The van der Waals surface area contributed by atoms with Gasteiger partial charge in [0.15, 0.2) is 0 Å². The zero-order valence-electron chi connectivity index (χ0n) is 12.6. The standard InChI is InChI=1S/C15H17F2N3O3/c1-2-19-3-4-20(9-14(19)22)13(21)8-18-15(23)10-5-11(16)7-12(17)6-10/h5-7H,2-4,8-9H2,1H3,(H,18,23). The molecule has 124 valence electrons. The Morgan fingerprint density at radius 1 is 1.17 bits per heavy atom. The molecule has 1 heterocycles. The number of benzene rings is 1. The van der Waals surface area contributed by atoms with Crippen LogP contribution in [0.15, 0.2) is 18.2 Å². The van der Waals surface area contributed by atoms with Crippen LogP contribution in [0.5, 0.6) is 0 Å². The highest BCUT2D eigenvalue weighted by atomic mass is 19.1. The van der Waals surface area contributed by atoms with Gasteiger partial charge in [-0.25, -0.2) is 8.78 Å². The van der Waals surface area contributed by atoms with Crippen LogP contribution in [0.4, 0.5) is 8.78 Å². The molecule has 0 unspecified atom stereocenters. The number of hydrogen-bond acceptors (Lipinski definition) is 3. The fourth-order valence-electron chi connectivity index (χ4n) is 2.31. The lowest BCUT2D eigenvalue weighted by Gasteiger charge is -2.33. The van der Waals surface area contributed by atoms with Crippen molar-refractivity contribution in [3.05, 3.63) is 35.4 Å². The maximum absolute atomic E-state index is 13.1. The number of carbonyl (C=O) groups excluding carboxylic acids is 3. The van der Waals surface area contributed by atoms with E-state index in [9.17, 15) is 23.2 Å². The normalized spacial score (nSPS) is 14.8. The van der Waals surface area contributed by atoms with Gasteiger partial charge < -0.3 is 15.1 Å². The minimum absolute atomic E-state index is 0.0306. The fourth-order valence-corrected chi connectivity index (χ4v) is 2.31. The minimum atomic E-state index is -0.872. The predicted molar refractivity (Wildman–Crippen MR) is 77.5 cm³/mol. The summed E-state index contributed by atoms with van der Waals surface area (Å²) in [5.74, 6) is -3.06. The highest BCUT2D eigenvalue weighted by molar-refractivity contribution is 5.97. The van der Waals surface area contributed by atoms with E-state index in [1.54, 1.807) is 4.90 Å². The van der Waals surface area contributed by atoms with Gasteiger partial charge in [0.05, 0.1) is 13.1 Å². The van der Waals surface area contributed by atoms with Crippen LogP contribution < -0.4 is 5.32 Å². The molecule has 6 nitrogen and oxygen atoms in total. The van der Waals surface area contributed by atoms with Crippen molar-refractivity contribution in [1.82, 2.24) is 15.1 Å². The highest BCUT2D eigenvalue weighted by Crippen LogP contribution is 2.08. The van der Waals surface area contributed by atoms with Crippen LogP contribution >= 0.6 is 0 Å². The third-order valence-electron chi connectivity index (χ3n) is 3.58. The van der Waals surface area contributed by atoms with Crippen molar-refractivity contribution in [2.75, 3.05) is 32.7 Å². The van der Waals surface area contributed by atoms with E-state index in [0.717, 1.165) is 12.1 Å². The monoisotopic (exact) mass is 325 g/mol. The van der Waals surface area contributed by atoms with Gasteiger partial charge >= 0.3 is 0 Å². The van der Waals surface area contributed by atoms with E-state index >= 15 is 0 Å². The molecular weight excluding hydrogens is 308 g/mol. The van der Waals surface area contributed by atoms with Crippen LogP contribution in [0, 0.1) is 11.6 Å². The maximum Gasteiger partial charge on any atom is 0.251 e. The molecule has 0 bridgehead atoms. The summed E-state index contributed by atoms with van der Waals surface area (Å²) in [5, 5.41) is 2.30.